The summed E-state index contributed by atoms with van der Waals surface area (Å²) in [5.74, 6) is -0.331. The summed E-state index contributed by atoms with van der Waals surface area (Å²) in [5.41, 5.74) is 1.76. The zero-order chi connectivity index (χ0) is 12.5. The predicted molar refractivity (Wildman–Crippen MR) is 65.3 cm³/mol. The molecule has 0 aliphatic carbocycles. The third-order valence-corrected chi connectivity index (χ3v) is 2.19. The summed E-state index contributed by atoms with van der Waals surface area (Å²) < 4.78 is 9.88. The lowest BCUT2D eigenvalue weighted by atomic mass is 10.1. The molecule has 17 heavy (non-hydrogen) atoms. The van der Waals surface area contributed by atoms with Gasteiger partial charge in [-0.25, -0.2) is 4.79 Å². The van der Waals surface area contributed by atoms with Gasteiger partial charge in [-0.15, -0.1) is 0 Å². The lowest BCUT2D eigenvalue weighted by molar-refractivity contribution is -0.138. The second-order valence-corrected chi connectivity index (χ2v) is 3.58. The molecule has 0 radical (unpaired) electrons. The van der Waals surface area contributed by atoms with Gasteiger partial charge in [-0.2, -0.15) is 0 Å². The van der Waals surface area contributed by atoms with Crippen molar-refractivity contribution >= 4 is 11.5 Å². The van der Waals surface area contributed by atoms with Crippen LogP contribution in [0.3, 0.4) is 0 Å². The molecule has 0 atom stereocenters. The number of ether oxygens (including phenoxy) is 2. The number of pyridine rings is 1. The number of hydrogen-bond acceptors (Lipinski definition) is 4. The maximum absolute atomic E-state index is 11.4. The van der Waals surface area contributed by atoms with E-state index in [1.165, 1.54) is 6.08 Å². The molecule has 0 saturated heterocycles. The molecule has 0 aromatic carbocycles. The highest BCUT2D eigenvalue weighted by molar-refractivity contribution is 5.90. The van der Waals surface area contributed by atoms with Crippen LogP contribution in [0, 0.1) is 0 Å². The van der Waals surface area contributed by atoms with Gasteiger partial charge in [0, 0.05) is 38.6 Å². The Morgan fingerprint density at radius 2 is 2.29 bits per heavy atom. The molecule has 0 aliphatic heterocycles. The molecule has 1 heterocycles. The molecule has 0 bridgehead atoms. The third-order valence-electron chi connectivity index (χ3n) is 2.19. The maximum atomic E-state index is 11.4. The number of hydrogen-bond donors (Lipinski definition) is 0. The molecule has 4 nitrogen and oxygen atoms in total. The van der Waals surface area contributed by atoms with Crippen LogP contribution in [0.5, 0.6) is 0 Å². The first-order valence-electron chi connectivity index (χ1n) is 5.48. The topological polar surface area (TPSA) is 48.4 Å². The number of allylic oxidation sites excluding steroid dienone is 1. The molecule has 0 amide bonds. The number of nitrogens with zero attached hydrogens (tertiary/aromatic N) is 1. The van der Waals surface area contributed by atoms with E-state index in [4.69, 9.17) is 9.47 Å². The highest BCUT2D eigenvalue weighted by Gasteiger charge is 2.01. The number of aromatic nitrogens is 1. The number of methoxy groups -OCH3 is 1. The predicted octanol–water partition coefficient (Wildman–Crippen LogP) is 2.06. The average Bonchev–Trinajstić information content (AvgIpc) is 2.36. The molecule has 0 saturated carbocycles. The first-order valence-corrected chi connectivity index (χ1v) is 5.48. The molecular weight excluding hydrogens is 218 g/mol. The minimum absolute atomic E-state index is 0.331. The second-order valence-electron chi connectivity index (χ2n) is 3.58. The third kappa shape index (κ3) is 5.26. The van der Waals surface area contributed by atoms with E-state index < -0.39 is 0 Å². The van der Waals surface area contributed by atoms with Crippen molar-refractivity contribution < 1.29 is 14.3 Å². The summed E-state index contributed by atoms with van der Waals surface area (Å²) in [6, 6.07) is 3.73. The van der Waals surface area contributed by atoms with Crippen molar-refractivity contribution in [2.45, 2.75) is 13.3 Å². The Hall–Kier alpha value is -1.68. The maximum Gasteiger partial charge on any atom is 0.331 e. The van der Waals surface area contributed by atoms with E-state index in [1.54, 1.807) is 19.5 Å². The summed E-state index contributed by atoms with van der Waals surface area (Å²) in [6.45, 7) is 2.83. The molecule has 0 fully saturated rings. The smallest absolute Gasteiger partial charge is 0.331 e. The Bertz CT molecular complexity index is 374. The Morgan fingerprint density at radius 3 is 2.94 bits per heavy atom. The van der Waals surface area contributed by atoms with Crippen LogP contribution in [-0.2, 0) is 14.3 Å². The van der Waals surface area contributed by atoms with E-state index in [0.717, 1.165) is 11.1 Å². The van der Waals surface area contributed by atoms with Crippen LogP contribution in [0.1, 0.15) is 18.9 Å². The Labute approximate surface area is 101 Å². The van der Waals surface area contributed by atoms with Crippen LogP contribution in [0.2, 0.25) is 0 Å². The molecule has 1 aromatic rings. The van der Waals surface area contributed by atoms with E-state index in [0.29, 0.717) is 19.6 Å². The molecular formula is C13H17NO3. The van der Waals surface area contributed by atoms with E-state index >= 15 is 0 Å². The van der Waals surface area contributed by atoms with Crippen molar-refractivity contribution in [2.75, 3.05) is 20.3 Å². The average molecular weight is 235 g/mol. The largest absolute Gasteiger partial charge is 0.462 e. The summed E-state index contributed by atoms with van der Waals surface area (Å²) in [4.78, 5) is 15.4. The lowest BCUT2D eigenvalue weighted by Gasteiger charge is -2.03. The van der Waals surface area contributed by atoms with Gasteiger partial charge in [0.25, 0.3) is 0 Å². The Kier molecular flexibility index (Phi) is 5.96. The highest BCUT2D eigenvalue weighted by atomic mass is 16.5. The van der Waals surface area contributed by atoms with Crippen molar-refractivity contribution in [1.82, 2.24) is 4.98 Å². The lowest BCUT2D eigenvalue weighted by Crippen LogP contribution is -2.05. The highest BCUT2D eigenvalue weighted by Crippen LogP contribution is 2.11. The van der Waals surface area contributed by atoms with Crippen molar-refractivity contribution in [3.05, 3.63) is 36.2 Å². The molecule has 0 spiro atoms. The van der Waals surface area contributed by atoms with Gasteiger partial charge >= 0.3 is 5.97 Å². The molecule has 0 N–H and O–H groups in total. The van der Waals surface area contributed by atoms with Crippen molar-refractivity contribution in [1.29, 1.82) is 0 Å². The number of carbonyl (C=O) groups excluding carboxylic acids is 1. The van der Waals surface area contributed by atoms with Gasteiger partial charge in [-0.05, 0) is 24.1 Å². The summed E-state index contributed by atoms with van der Waals surface area (Å²) >= 11 is 0. The molecule has 4 heteroatoms. The zero-order valence-electron chi connectivity index (χ0n) is 10.2. The normalized spacial score (nSPS) is 11.3. The molecule has 1 aromatic heterocycles. The molecule has 0 aliphatic rings. The van der Waals surface area contributed by atoms with Crippen LogP contribution in [0.25, 0.3) is 5.57 Å². The van der Waals surface area contributed by atoms with Crippen molar-refractivity contribution in [3.63, 3.8) is 0 Å². The number of rotatable bonds is 6. The quantitative estimate of drug-likeness (QED) is 0.430. The van der Waals surface area contributed by atoms with E-state index in [-0.39, 0.29) is 5.97 Å². The summed E-state index contributed by atoms with van der Waals surface area (Å²) in [6.07, 6.45) is 5.59. The van der Waals surface area contributed by atoms with Gasteiger partial charge in [0.2, 0.25) is 0 Å². The van der Waals surface area contributed by atoms with E-state index in [9.17, 15) is 4.79 Å². The molecule has 1 rings (SSSR count). The van der Waals surface area contributed by atoms with Crippen LogP contribution >= 0.6 is 0 Å². The zero-order valence-corrected chi connectivity index (χ0v) is 10.2. The van der Waals surface area contributed by atoms with Gasteiger partial charge in [0.15, 0.2) is 0 Å². The first kappa shape index (κ1) is 13.4. The first-order chi connectivity index (χ1) is 8.24. The second kappa shape index (κ2) is 7.57. The SMILES string of the molecule is COCCCOC(=O)/C=C(\C)c1cccnc1. The van der Waals surface area contributed by atoms with Gasteiger partial charge in [-0.1, -0.05) is 6.07 Å². The van der Waals surface area contributed by atoms with Crippen LogP contribution in [-0.4, -0.2) is 31.3 Å². The van der Waals surface area contributed by atoms with Gasteiger partial charge in [0.05, 0.1) is 6.61 Å². The van der Waals surface area contributed by atoms with Gasteiger partial charge in [-0.3, -0.25) is 4.98 Å². The fraction of sp³-hybridized carbons (Fsp3) is 0.385. The number of carbonyl (C=O) groups is 1. The Balaban J connectivity index is 2.43. The minimum atomic E-state index is -0.331. The Morgan fingerprint density at radius 1 is 1.47 bits per heavy atom. The van der Waals surface area contributed by atoms with Gasteiger partial charge in [0.1, 0.15) is 0 Å². The monoisotopic (exact) mass is 235 g/mol. The molecule has 92 valence electrons. The number of esters is 1. The summed E-state index contributed by atoms with van der Waals surface area (Å²) in [5, 5.41) is 0. The van der Waals surface area contributed by atoms with Crippen LogP contribution in [0.15, 0.2) is 30.6 Å². The summed E-state index contributed by atoms with van der Waals surface area (Å²) in [7, 11) is 1.62. The van der Waals surface area contributed by atoms with Crippen LogP contribution in [0.4, 0.5) is 0 Å². The standard InChI is InChI=1S/C13H17NO3/c1-11(12-5-3-6-14-10-12)9-13(15)17-8-4-7-16-2/h3,5-6,9-10H,4,7-8H2,1-2H3/b11-9+. The van der Waals surface area contributed by atoms with Crippen molar-refractivity contribution in [3.8, 4) is 0 Å². The van der Waals surface area contributed by atoms with Crippen LogP contribution < -0.4 is 0 Å². The van der Waals surface area contributed by atoms with E-state index in [1.807, 2.05) is 19.1 Å². The molecule has 0 unspecified atom stereocenters. The van der Waals surface area contributed by atoms with E-state index in [2.05, 4.69) is 4.98 Å². The fourth-order valence-electron chi connectivity index (χ4n) is 1.27. The minimum Gasteiger partial charge on any atom is -0.462 e. The fourth-order valence-corrected chi connectivity index (χ4v) is 1.27. The van der Waals surface area contributed by atoms with Gasteiger partial charge < -0.3 is 9.47 Å². The van der Waals surface area contributed by atoms with Crippen molar-refractivity contribution in [2.24, 2.45) is 0 Å².